The van der Waals surface area contributed by atoms with Gasteiger partial charge in [0.25, 0.3) is 11.8 Å². The predicted octanol–water partition coefficient (Wildman–Crippen LogP) is 4.29. The van der Waals surface area contributed by atoms with E-state index in [-0.39, 0.29) is 17.2 Å². The molecule has 0 aliphatic carbocycles. The van der Waals surface area contributed by atoms with Crippen molar-refractivity contribution >= 4 is 34.7 Å². The summed E-state index contributed by atoms with van der Waals surface area (Å²) in [7, 11) is 1.56. The zero-order valence-electron chi connectivity index (χ0n) is 18.2. The second-order valence-electron chi connectivity index (χ2n) is 8.41. The number of carbonyl (C=O) groups is 2. The molecular formula is C23H23ClN6O2. The molecule has 8 nitrogen and oxygen atoms in total. The SMILES string of the molecule is CNC(=O)c1ccc(C(=O)Nc2cccc(-c3nc4c(Cl)c(C(C)(C)C)[nH]n4n3)c2)cc1. The van der Waals surface area contributed by atoms with Crippen molar-refractivity contribution < 1.29 is 9.59 Å². The van der Waals surface area contributed by atoms with Gasteiger partial charge in [-0.2, -0.15) is 4.63 Å². The molecule has 3 N–H and O–H groups in total. The van der Waals surface area contributed by atoms with Gasteiger partial charge in [-0.1, -0.05) is 44.5 Å². The number of carbonyl (C=O) groups excluding carboxylic acids is 2. The Kier molecular flexibility index (Phi) is 5.48. The number of nitrogens with zero attached hydrogens (tertiary/aromatic N) is 3. The van der Waals surface area contributed by atoms with Crippen molar-refractivity contribution in [3.8, 4) is 11.4 Å². The molecule has 32 heavy (non-hydrogen) atoms. The van der Waals surface area contributed by atoms with Crippen LogP contribution >= 0.6 is 11.6 Å². The summed E-state index contributed by atoms with van der Waals surface area (Å²) in [6.07, 6.45) is 0. The first-order valence-electron chi connectivity index (χ1n) is 10.1. The number of anilines is 1. The van der Waals surface area contributed by atoms with Crippen molar-refractivity contribution in [2.24, 2.45) is 0 Å². The summed E-state index contributed by atoms with van der Waals surface area (Å²) in [5.74, 6) is 0.00110. The van der Waals surface area contributed by atoms with Crippen molar-refractivity contribution in [3.05, 3.63) is 70.4 Å². The number of amides is 2. The molecule has 0 radical (unpaired) electrons. The summed E-state index contributed by atoms with van der Waals surface area (Å²) >= 11 is 6.51. The molecule has 0 atom stereocenters. The van der Waals surface area contributed by atoms with Gasteiger partial charge in [0.2, 0.25) is 0 Å². The maximum atomic E-state index is 12.6. The normalized spacial score (nSPS) is 11.5. The zero-order chi connectivity index (χ0) is 23.0. The summed E-state index contributed by atoms with van der Waals surface area (Å²) in [6.45, 7) is 6.18. The lowest BCUT2D eigenvalue weighted by molar-refractivity contribution is 0.0961. The zero-order valence-corrected chi connectivity index (χ0v) is 18.9. The van der Waals surface area contributed by atoms with Crippen LogP contribution < -0.4 is 10.6 Å². The van der Waals surface area contributed by atoms with Crippen LogP contribution in [0.2, 0.25) is 5.02 Å². The molecule has 0 fully saturated rings. The summed E-state index contributed by atoms with van der Waals surface area (Å²) < 4.78 is 1.57. The quantitative estimate of drug-likeness (QED) is 0.431. The Bertz CT molecular complexity index is 1310. The maximum Gasteiger partial charge on any atom is 0.255 e. The molecular weight excluding hydrogens is 428 g/mol. The van der Waals surface area contributed by atoms with E-state index in [2.05, 4.69) is 46.6 Å². The second-order valence-corrected chi connectivity index (χ2v) is 8.79. The smallest absolute Gasteiger partial charge is 0.255 e. The first kappa shape index (κ1) is 21.6. The molecule has 2 aromatic carbocycles. The largest absolute Gasteiger partial charge is 0.355 e. The van der Waals surface area contributed by atoms with E-state index in [1.165, 1.54) is 0 Å². The van der Waals surface area contributed by atoms with Crippen molar-refractivity contribution in [3.63, 3.8) is 0 Å². The highest BCUT2D eigenvalue weighted by Gasteiger charge is 2.24. The third kappa shape index (κ3) is 4.09. The van der Waals surface area contributed by atoms with Crippen LogP contribution in [-0.4, -0.2) is 38.7 Å². The molecule has 2 amide bonds. The van der Waals surface area contributed by atoms with Gasteiger partial charge in [0.05, 0.1) is 5.69 Å². The summed E-state index contributed by atoms with van der Waals surface area (Å²) in [5.41, 5.74) is 3.52. The van der Waals surface area contributed by atoms with Crippen LogP contribution in [0.3, 0.4) is 0 Å². The molecule has 0 saturated heterocycles. The van der Waals surface area contributed by atoms with E-state index in [1.54, 1.807) is 48.1 Å². The van der Waals surface area contributed by atoms with Crippen LogP contribution in [-0.2, 0) is 5.41 Å². The Morgan fingerprint density at radius 3 is 2.28 bits per heavy atom. The molecule has 2 heterocycles. The van der Waals surface area contributed by atoms with Crippen LogP contribution in [0.4, 0.5) is 5.69 Å². The molecule has 0 saturated carbocycles. The number of benzene rings is 2. The molecule has 0 aliphatic rings. The minimum Gasteiger partial charge on any atom is -0.355 e. The van der Waals surface area contributed by atoms with Gasteiger partial charge in [0.15, 0.2) is 11.5 Å². The first-order valence-corrected chi connectivity index (χ1v) is 10.4. The number of hydrogen-bond donors (Lipinski definition) is 3. The number of nitrogens with one attached hydrogen (secondary N) is 3. The van der Waals surface area contributed by atoms with E-state index in [4.69, 9.17) is 11.6 Å². The maximum absolute atomic E-state index is 12.6. The number of rotatable bonds is 4. The summed E-state index contributed by atoms with van der Waals surface area (Å²) in [4.78, 5) is 28.8. The number of H-pyrrole nitrogens is 1. The molecule has 9 heteroatoms. The third-order valence-electron chi connectivity index (χ3n) is 5.01. The van der Waals surface area contributed by atoms with Crippen LogP contribution in [0.25, 0.3) is 17.0 Å². The van der Waals surface area contributed by atoms with Crippen LogP contribution in [0.5, 0.6) is 0 Å². The lowest BCUT2D eigenvalue weighted by Gasteiger charge is -2.16. The summed E-state index contributed by atoms with van der Waals surface area (Å²) in [5, 5.41) is 13.7. The molecule has 4 rings (SSSR count). The minimum absolute atomic E-state index is 0.164. The van der Waals surface area contributed by atoms with E-state index in [1.807, 2.05) is 12.1 Å². The van der Waals surface area contributed by atoms with Gasteiger partial charge in [-0.3, -0.25) is 14.7 Å². The van der Waals surface area contributed by atoms with Crippen LogP contribution in [0, 0.1) is 0 Å². The number of halogens is 1. The van der Waals surface area contributed by atoms with Gasteiger partial charge < -0.3 is 10.6 Å². The fourth-order valence-electron chi connectivity index (χ4n) is 3.27. The lowest BCUT2D eigenvalue weighted by Crippen LogP contribution is -2.18. The second kappa shape index (κ2) is 8.12. The van der Waals surface area contributed by atoms with Gasteiger partial charge >= 0.3 is 0 Å². The number of hydrogen-bond acceptors (Lipinski definition) is 4. The fourth-order valence-corrected chi connectivity index (χ4v) is 3.72. The Balaban J connectivity index is 1.56. The van der Waals surface area contributed by atoms with E-state index < -0.39 is 0 Å². The van der Waals surface area contributed by atoms with E-state index in [0.29, 0.717) is 33.3 Å². The average Bonchev–Trinajstić information content (AvgIpc) is 3.33. The molecule has 164 valence electrons. The van der Waals surface area contributed by atoms with Crippen molar-refractivity contribution in [2.75, 3.05) is 12.4 Å². The Morgan fingerprint density at radius 2 is 1.69 bits per heavy atom. The highest BCUT2D eigenvalue weighted by molar-refractivity contribution is 6.34. The molecule has 0 bridgehead atoms. The molecule has 0 spiro atoms. The van der Waals surface area contributed by atoms with Crippen molar-refractivity contribution in [2.45, 2.75) is 26.2 Å². The Labute approximate surface area is 190 Å². The average molecular weight is 451 g/mol. The highest BCUT2D eigenvalue weighted by atomic mass is 35.5. The minimum atomic E-state index is -0.284. The van der Waals surface area contributed by atoms with Gasteiger partial charge in [-0.25, -0.2) is 4.98 Å². The van der Waals surface area contributed by atoms with Gasteiger partial charge in [-0.15, -0.1) is 5.10 Å². The number of fused-ring (bicyclic) bond motifs is 1. The number of aromatic nitrogens is 4. The van der Waals surface area contributed by atoms with E-state index >= 15 is 0 Å². The first-order chi connectivity index (χ1) is 15.2. The van der Waals surface area contributed by atoms with Crippen LogP contribution in [0.1, 0.15) is 47.2 Å². The lowest BCUT2D eigenvalue weighted by atomic mass is 9.92. The fraction of sp³-hybridized carbons (Fsp3) is 0.217. The summed E-state index contributed by atoms with van der Waals surface area (Å²) in [6, 6.07) is 13.7. The van der Waals surface area contributed by atoms with Gasteiger partial charge in [0, 0.05) is 34.8 Å². The van der Waals surface area contributed by atoms with Gasteiger partial charge in [0.1, 0.15) is 5.02 Å². The van der Waals surface area contributed by atoms with E-state index in [0.717, 1.165) is 11.3 Å². The number of aromatic amines is 1. The molecule has 0 aliphatic heterocycles. The van der Waals surface area contributed by atoms with Crippen molar-refractivity contribution in [1.82, 2.24) is 25.1 Å². The third-order valence-corrected chi connectivity index (χ3v) is 5.36. The topological polar surface area (TPSA) is 104 Å². The van der Waals surface area contributed by atoms with Gasteiger partial charge in [-0.05, 0) is 36.4 Å². The van der Waals surface area contributed by atoms with E-state index in [9.17, 15) is 9.59 Å². The molecule has 4 aromatic rings. The molecule has 0 unspecified atom stereocenters. The Morgan fingerprint density at radius 1 is 1.03 bits per heavy atom. The molecule has 2 aromatic heterocycles. The van der Waals surface area contributed by atoms with Crippen LogP contribution in [0.15, 0.2) is 48.5 Å². The highest BCUT2D eigenvalue weighted by Crippen LogP contribution is 2.32. The Hall–Kier alpha value is -3.65. The monoisotopic (exact) mass is 450 g/mol. The standard InChI is InChI=1S/C23H23ClN6O2/c1-23(2,3)18-17(24)20-27-19(29-30(20)28-18)15-6-5-7-16(12-15)26-22(32)14-10-8-13(9-11-14)21(31)25-4/h5-12,28H,1-4H3,(H,25,31)(H,26,32). The van der Waals surface area contributed by atoms with Crippen molar-refractivity contribution in [1.29, 1.82) is 0 Å². The predicted molar refractivity (Wildman–Crippen MR) is 124 cm³/mol.